The molecule has 7 rings (SSSR count). The van der Waals surface area contributed by atoms with Crippen LogP contribution in [0, 0.1) is 17.8 Å². The van der Waals surface area contributed by atoms with Gasteiger partial charge < -0.3 is 34.5 Å². The molecule has 0 aromatic heterocycles. The maximum absolute atomic E-state index is 13.4. The number of aryl methyl sites for hydroxylation is 3. The standard InChI is InChI=1S/C36H46O6.C30H43NO6/c1-5-6-7-9-27-22-31(35-29-20-24(2)12-18-30(29)36(3,4)42-32(35)23-27)41-34(40)11-8-10-25-13-15-26(16-14-25)21-28(37)17-19-33(38)39;1-7-8-9-10-20-16-23(36-29(35)28(18(2)3)31-25(32)13-14-26(33)34)27-21-15-19(4)11-12-22(21)30(5,6)37-24(27)17-20/h13-16,20,22-23,29-30H,5-12,17-19,21H2,1-4H3,(H,38,39);15-18,21-22,28H,7-14H2,1-6H3,(H,31,32)(H,33,34)/t;21?,22?,28-/m.0/s1. The van der Waals surface area contributed by atoms with E-state index in [0.29, 0.717) is 30.3 Å². The summed E-state index contributed by atoms with van der Waals surface area (Å²) in [6, 6.07) is 15.2. The van der Waals surface area contributed by atoms with Crippen LogP contribution in [-0.2, 0) is 54.5 Å². The van der Waals surface area contributed by atoms with Crippen molar-refractivity contribution in [3.63, 3.8) is 0 Å². The molecule has 0 fully saturated rings. The molecule has 1 amide bonds. The molecule has 0 radical (unpaired) electrons. The number of hydrogen-bond acceptors (Lipinski definition) is 10. The quantitative estimate of drug-likeness (QED) is 0.0315. The van der Waals surface area contributed by atoms with Gasteiger partial charge in [0.25, 0.3) is 0 Å². The third-order valence-corrected chi connectivity index (χ3v) is 16.3. The molecule has 0 bridgehead atoms. The third kappa shape index (κ3) is 17.4. The van der Waals surface area contributed by atoms with Gasteiger partial charge in [0, 0.05) is 60.5 Å². The molecule has 430 valence electrons. The number of carbonyl (C=O) groups excluding carboxylic acids is 4. The first kappa shape index (κ1) is 62.0. The summed E-state index contributed by atoms with van der Waals surface area (Å²) in [5.41, 5.74) is 8.13. The highest BCUT2D eigenvalue weighted by atomic mass is 16.5. The zero-order valence-corrected chi connectivity index (χ0v) is 48.9. The highest BCUT2D eigenvalue weighted by Crippen LogP contribution is 2.55. The number of amides is 1. The van der Waals surface area contributed by atoms with E-state index in [4.69, 9.17) is 29.2 Å². The maximum atomic E-state index is 13.4. The number of hydrogen-bond donors (Lipinski definition) is 3. The minimum Gasteiger partial charge on any atom is -0.487 e. The number of carboxylic acids is 2. The average Bonchev–Trinajstić information content (AvgIpc) is 3.56. The number of allylic oxidation sites excluding steroid dienone is 4. The summed E-state index contributed by atoms with van der Waals surface area (Å²) in [7, 11) is 0. The second kappa shape index (κ2) is 28.3. The molecule has 13 heteroatoms. The van der Waals surface area contributed by atoms with E-state index < -0.39 is 29.9 Å². The van der Waals surface area contributed by atoms with Gasteiger partial charge in [-0.15, -0.1) is 0 Å². The Bertz CT molecular complexity index is 2710. The number of carboxylic acid groups (broad SMARTS) is 2. The summed E-state index contributed by atoms with van der Waals surface area (Å²) in [4.78, 5) is 72.4. The van der Waals surface area contributed by atoms with E-state index in [1.54, 1.807) is 0 Å². The van der Waals surface area contributed by atoms with Crippen molar-refractivity contribution in [2.45, 2.75) is 227 Å². The van der Waals surface area contributed by atoms with Gasteiger partial charge in [-0.05, 0) is 158 Å². The van der Waals surface area contributed by atoms with Gasteiger partial charge in [-0.1, -0.05) is 101 Å². The van der Waals surface area contributed by atoms with Crippen molar-refractivity contribution < 1.29 is 57.9 Å². The molecule has 5 atom stereocenters. The maximum Gasteiger partial charge on any atom is 0.334 e. The smallest absolute Gasteiger partial charge is 0.334 e. The van der Waals surface area contributed by atoms with E-state index in [9.17, 15) is 28.8 Å². The first-order valence-corrected chi connectivity index (χ1v) is 29.3. The lowest BCUT2D eigenvalue weighted by atomic mass is 9.68. The van der Waals surface area contributed by atoms with Crippen LogP contribution in [0.15, 0.2) is 71.8 Å². The fourth-order valence-corrected chi connectivity index (χ4v) is 11.9. The molecule has 13 nitrogen and oxygen atoms in total. The molecule has 2 aliphatic carbocycles. The highest BCUT2D eigenvalue weighted by Gasteiger charge is 2.47. The lowest BCUT2D eigenvalue weighted by molar-refractivity contribution is -0.141. The number of unbranched alkanes of at least 4 members (excludes halogenated alkanes) is 4. The Kier molecular flexibility index (Phi) is 22.2. The Morgan fingerprint density at radius 1 is 0.608 bits per heavy atom. The van der Waals surface area contributed by atoms with Crippen LogP contribution in [0.4, 0.5) is 0 Å². The molecule has 2 heterocycles. The number of carbonyl (C=O) groups is 6. The molecule has 0 saturated heterocycles. The predicted octanol–water partition coefficient (Wildman–Crippen LogP) is 13.9. The molecule has 3 aromatic rings. The zero-order chi connectivity index (χ0) is 57.6. The lowest BCUT2D eigenvalue weighted by Gasteiger charge is -2.46. The summed E-state index contributed by atoms with van der Waals surface area (Å²) < 4.78 is 25.4. The van der Waals surface area contributed by atoms with Crippen LogP contribution in [0.2, 0.25) is 0 Å². The van der Waals surface area contributed by atoms with Crippen LogP contribution >= 0.6 is 0 Å². The molecule has 79 heavy (non-hydrogen) atoms. The number of nitrogens with one attached hydrogen (secondary N) is 1. The Morgan fingerprint density at radius 3 is 1.56 bits per heavy atom. The van der Waals surface area contributed by atoms with Crippen LogP contribution in [-0.4, -0.2) is 63.0 Å². The minimum absolute atomic E-state index is 0.0469. The Morgan fingerprint density at radius 2 is 1.08 bits per heavy atom. The number of fused-ring (bicyclic) bond motifs is 6. The monoisotopic (exact) mass is 1090 g/mol. The van der Waals surface area contributed by atoms with Crippen molar-refractivity contribution in [3.05, 3.63) is 105 Å². The van der Waals surface area contributed by atoms with Crippen molar-refractivity contribution in [1.29, 1.82) is 0 Å². The van der Waals surface area contributed by atoms with Gasteiger partial charge in [0.05, 0.1) is 12.8 Å². The van der Waals surface area contributed by atoms with Crippen LogP contribution < -0.4 is 24.3 Å². The summed E-state index contributed by atoms with van der Waals surface area (Å²) in [5, 5.41) is 20.3. The number of rotatable bonds is 25. The van der Waals surface area contributed by atoms with E-state index in [1.807, 2.05) is 44.2 Å². The summed E-state index contributed by atoms with van der Waals surface area (Å²) >= 11 is 0. The predicted molar refractivity (Wildman–Crippen MR) is 307 cm³/mol. The topological polar surface area (TPSA) is 192 Å². The molecule has 0 saturated carbocycles. The number of ketones is 1. The second-order valence-electron chi connectivity index (χ2n) is 24.1. The molecular formula is C66H89NO12. The highest BCUT2D eigenvalue weighted by molar-refractivity contribution is 5.87. The third-order valence-electron chi connectivity index (χ3n) is 16.3. The van der Waals surface area contributed by atoms with Crippen LogP contribution in [0.25, 0.3) is 0 Å². The minimum atomic E-state index is -1.06. The fourth-order valence-electron chi connectivity index (χ4n) is 11.9. The van der Waals surface area contributed by atoms with Crippen molar-refractivity contribution in [1.82, 2.24) is 5.32 Å². The second-order valence-corrected chi connectivity index (χ2v) is 24.1. The van der Waals surface area contributed by atoms with E-state index in [2.05, 4.69) is 91.1 Å². The largest absolute Gasteiger partial charge is 0.487 e. The Hall–Kier alpha value is -6.24. The van der Waals surface area contributed by atoms with E-state index in [1.165, 1.54) is 11.1 Å². The molecule has 3 N–H and O–H groups in total. The van der Waals surface area contributed by atoms with Gasteiger partial charge >= 0.3 is 23.9 Å². The van der Waals surface area contributed by atoms with Crippen LogP contribution in [0.3, 0.4) is 0 Å². The summed E-state index contributed by atoms with van der Waals surface area (Å²) in [5.74, 6) is -0.0146. The van der Waals surface area contributed by atoms with Gasteiger partial charge in [-0.25, -0.2) is 4.79 Å². The molecule has 4 unspecified atom stereocenters. The average molecular weight is 1090 g/mol. The first-order valence-electron chi connectivity index (χ1n) is 29.3. The van der Waals surface area contributed by atoms with Crippen molar-refractivity contribution >= 4 is 35.6 Å². The SMILES string of the molecule is CCCCCc1cc(OC(=O)CCCc2ccc(CC(=O)CCC(=O)O)cc2)c2c(c1)OC(C)(C)C1CCC(C)=CC21.CCCCCc1cc(OC(=O)[C@@H](NC(=O)CCC(=O)O)C(C)C)c2c(c1)OC(C)(C)C1CCC(C)=CC21. The molecular weight excluding hydrogens is 999 g/mol. The lowest BCUT2D eigenvalue weighted by Crippen LogP contribution is -2.47. The van der Waals surface area contributed by atoms with E-state index >= 15 is 0 Å². The summed E-state index contributed by atoms with van der Waals surface area (Å²) in [6.07, 6.45) is 18.6. The molecule has 4 aliphatic rings. The number of Topliss-reactive ketones (excluding diaryl/α,β-unsaturated/α-hetero) is 1. The van der Waals surface area contributed by atoms with Crippen molar-refractivity contribution in [2.75, 3.05) is 0 Å². The van der Waals surface area contributed by atoms with Gasteiger partial charge in [0.1, 0.15) is 46.0 Å². The molecule has 0 spiro atoms. The van der Waals surface area contributed by atoms with Crippen LogP contribution in [0.5, 0.6) is 23.0 Å². The Labute approximate surface area is 469 Å². The first-order chi connectivity index (χ1) is 37.5. The molecule has 2 aliphatic heterocycles. The van der Waals surface area contributed by atoms with Gasteiger partial charge in [0.2, 0.25) is 5.91 Å². The fraction of sp³-hybridized carbons (Fsp3) is 0.576. The van der Waals surface area contributed by atoms with E-state index in [0.717, 1.165) is 128 Å². The van der Waals surface area contributed by atoms with Crippen LogP contribution in [0.1, 0.15) is 217 Å². The summed E-state index contributed by atoms with van der Waals surface area (Å²) in [6.45, 7) is 21.0. The zero-order valence-electron chi connectivity index (χ0n) is 48.9. The number of ether oxygens (including phenoxy) is 4. The van der Waals surface area contributed by atoms with Crippen molar-refractivity contribution in [2.24, 2.45) is 17.8 Å². The number of esters is 2. The van der Waals surface area contributed by atoms with Gasteiger partial charge in [0.15, 0.2) is 0 Å². The Balaban J connectivity index is 0.000000257. The molecule has 3 aromatic carbocycles. The van der Waals surface area contributed by atoms with E-state index in [-0.39, 0.29) is 78.7 Å². The van der Waals surface area contributed by atoms with Gasteiger partial charge in [-0.3, -0.25) is 24.0 Å². The number of benzene rings is 3. The van der Waals surface area contributed by atoms with Crippen molar-refractivity contribution in [3.8, 4) is 23.0 Å². The number of aliphatic carboxylic acids is 2. The van der Waals surface area contributed by atoms with Gasteiger partial charge in [-0.2, -0.15) is 0 Å². The normalized spacial score (nSPS) is 19.6.